The highest BCUT2D eigenvalue weighted by molar-refractivity contribution is 5.27. The second-order valence-corrected chi connectivity index (χ2v) is 5.63. The molecule has 0 amide bonds. The third-order valence-electron chi connectivity index (χ3n) is 4.03. The van der Waals surface area contributed by atoms with Gasteiger partial charge in [0.05, 0.1) is 0 Å². The van der Waals surface area contributed by atoms with Crippen molar-refractivity contribution in [3.63, 3.8) is 0 Å². The standard InChI is InChI=1S/C16H26N/c1-14(12-15-8-4-2-5-9-15)17-13-16-10-6-3-7-11-16/h3,6,10-11,14-15,17H,2,4-5,7-9,12-13H2,1H3. The van der Waals surface area contributed by atoms with Crippen molar-refractivity contribution in [1.82, 2.24) is 5.32 Å². The summed E-state index contributed by atoms with van der Waals surface area (Å²) in [6.07, 6.45) is 18.7. The summed E-state index contributed by atoms with van der Waals surface area (Å²) in [5, 5.41) is 3.67. The predicted molar refractivity (Wildman–Crippen MR) is 74.8 cm³/mol. The maximum Gasteiger partial charge on any atom is 0.0173 e. The highest BCUT2D eigenvalue weighted by Gasteiger charge is 2.16. The number of nitrogens with one attached hydrogen (secondary N) is 1. The Labute approximate surface area is 106 Å². The van der Waals surface area contributed by atoms with E-state index in [9.17, 15) is 0 Å². The van der Waals surface area contributed by atoms with Gasteiger partial charge in [-0.15, -0.1) is 0 Å². The fourth-order valence-electron chi connectivity index (χ4n) is 2.99. The summed E-state index contributed by atoms with van der Waals surface area (Å²) < 4.78 is 0. The zero-order valence-corrected chi connectivity index (χ0v) is 11.1. The van der Waals surface area contributed by atoms with Crippen LogP contribution in [0.1, 0.15) is 51.9 Å². The lowest BCUT2D eigenvalue weighted by Crippen LogP contribution is -2.30. The van der Waals surface area contributed by atoms with E-state index in [1.165, 1.54) is 44.1 Å². The largest absolute Gasteiger partial charge is 0.311 e. The fraction of sp³-hybridized carbons (Fsp3) is 0.688. The Morgan fingerprint density at radius 2 is 2.12 bits per heavy atom. The minimum absolute atomic E-state index is 0.665. The molecule has 0 aromatic carbocycles. The highest BCUT2D eigenvalue weighted by Crippen LogP contribution is 2.27. The van der Waals surface area contributed by atoms with E-state index < -0.39 is 0 Å². The molecule has 1 saturated carbocycles. The van der Waals surface area contributed by atoms with E-state index in [1.807, 2.05) is 0 Å². The maximum atomic E-state index is 3.67. The van der Waals surface area contributed by atoms with Crippen LogP contribution >= 0.6 is 0 Å². The number of allylic oxidation sites excluding steroid dienone is 3. The van der Waals surface area contributed by atoms with E-state index in [2.05, 4.69) is 36.9 Å². The number of hydrogen-bond donors (Lipinski definition) is 1. The van der Waals surface area contributed by atoms with Gasteiger partial charge in [0.15, 0.2) is 0 Å². The van der Waals surface area contributed by atoms with Crippen LogP contribution in [0.2, 0.25) is 0 Å². The van der Waals surface area contributed by atoms with Crippen molar-refractivity contribution in [2.75, 3.05) is 6.54 Å². The molecule has 95 valence electrons. The molecular formula is C16H26N. The first-order chi connectivity index (χ1) is 8.34. The van der Waals surface area contributed by atoms with Crippen LogP contribution < -0.4 is 5.32 Å². The molecule has 0 aromatic rings. The van der Waals surface area contributed by atoms with E-state index in [0.717, 1.165) is 18.9 Å². The predicted octanol–water partition coefficient (Wildman–Crippen LogP) is 4.03. The molecule has 1 heteroatoms. The van der Waals surface area contributed by atoms with Gasteiger partial charge in [0, 0.05) is 12.6 Å². The van der Waals surface area contributed by atoms with Crippen LogP contribution in [0.3, 0.4) is 0 Å². The minimum atomic E-state index is 0.665. The Bertz CT molecular complexity index is 271. The average Bonchev–Trinajstić information content (AvgIpc) is 2.39. The average molecular weight is 232 g/mol. The van der Waals surface area contributed by atoms with Crippen molar-refractivity contribution in [3.8, 4) is 0 Å². The molecule has 1 unspecified atom stereocenters. The lowest BCUT2D eigenvalue weighted by atomic mass is 9.85. The maximum absolute atomic E-state index is 3.67. The fourth-order valence-corrected chi connectivity index (χ4v) is 2.99. The summed E-state index contributed by atoms with van der Waals surface area (Å²) in [6.45, 7) is 3.38. The van der Waals surface area contributed by atoms with Crippen molar-refractivity contribution in [1.29, 1.82) is 0 Å². The van der Waals surface area contributed by atoms with E-state index in [4.69, 9.17) is 0 Å². The van der Waals surface area contributed by atoms with E-state index in [1.54, 1.807) is 0 Å². The Morgan fingerprint density at radius 3 is 2.82 bits per heavy atom. The van der Waals surface area contributed by atoms with Crippen LogP contribution in [-0.4, -0.2) is 12.6 Å². The summed E-state index contributed by atoms with van der Waals surface area (Å²) in [7, 11) is 0. The first kappa shape index (κ1) is 12.9. The molecule has 0 aromatic heterocycles. The van der Waals surface area contributed by atoms with Crippen molar-refractivity contribution in [3.05, 3.63) is 30.2 Å². The monoisotopic (exact) mass is 232 g/mol. The minimum Gasteiger partial charge on any atom is -0.311 e. The van der Waals surface area contributed by atoms with Crippen LogP contribution in [0.4, 0.5) is 0 Å². The molecule has 1 radical (unpaired) electrons. The molecule has 0 aliphatic heterocycles. The van der Waals surface area contributed by atoms with Gasteiger partial charge in [-0.25, -0.2) is 0 Å². The molecule has 0 heterocycles. The van der Waals surface area contributed by atoms with E-state index in [0.29, 0.717) is 6.04 Å². The molecule has 2 rings (SSSR count). The van der Waals surface area contributed by atoms with Gasteiger partial charge < -0.3 is 5.32 Å². The molecule has 2 aliphatic carbocycles. The second-order valence-electron chi connectivity index (χ2n) is 5.63. The quantitative estimate of drug-likeness (QED) is 0.754. The van der Waals surface area contributed by atoms with Crippen molar-refractivity contribution in [2.24, 2.45) is 5.92 Å². The van der Waals surface area contributed by atoms with Gasteiger partial charge >= 0.3 is 0 Å². The third-order valence-corrected chi connectivity index (χ3v) is 4.03. The van der Waals surface area contributed by atoms with Gasteiger partial charge in [0.1, 0.15) is 0 Å². The van der Waals surface area contributed by atoms with Crippen LogP contribution in [0, 0.1) is 12.3 Å². The molecule has 0 bridgehead atoms. The number of rotatable bonds is 5. The number of hydrogen-bond acceptors (Lipinski definition) is 1. The van der Waals surface area contributed by atoms with Gasteiger partial charge in [-0.05, 0) is 32.1 Å². The molecule has 2 aliphatic rings. The molecule has 0 saturated heterocycles. The summed E-state index contributed by atoms with van der Waals surface area (Å²) in [5.41, 5.74) is 1.45. The highest BCUT2D eigenvalue weighted by atomic mass is 14.9. The summed E-state index contributed by atoms with van der Waals surface area (Å²) in [5.74, 6) is 0.982. The van der Waals surface area contributed by atoms with Gasteiger partial charge in [0.25, 0.3) is 0 Å². The van der Waals surface area contributed by atoms with E-state index in [-0.39, 0.29) is 0 Å². The summed E-state index contributed by atoms with van der Waals surface area (Å²) in [6, 6.07) is 0.665. The van der Waals surface area contributed by atoms with Gasteiger partial charge in [-0.1, -0.05) is 55.9 Å². The molecule has 1 N–H and O–H groups in total. The van der Waals surface area contributed by atoms with Crippen LogP contribution in [0.25, 0.3) is 0 Å². The molecule has 17 heavy (non-hydrogen) atoms. The van der Waals surface area contributed by atoms with E-state index >= 15 is 0 Å². The topological polar surface area (TPSA) is 12.0 Å². The van der Waals surface area contributed by atoms with Gasteiger partial charge in [-0.2, -0.15) is 0 Å². The van der Waals surface area contributed by atoms with Gasteiger partial charge in [-0.3, -0.25) is 0 Å². The SMILES string of the molecule is CC(CC1CCCCC1)NCC1=CC=CC[CH]1. The molecule has 1 nitrogen and oxygen atoms in total. The molecule has 1 atom stereocenters. The lowest BCUT2D eigenvalue weighted by molar-refractivity contribution is 0.308. The first-order valence-electron chi connectivity index (χ1n) is 7.27. The Kier molecular flexibility index (Phi) is 5.31. The van der Waals surface area contributed by atoms with Crippen molar-refractivity contribution in [2.45, 2.75) is 57.9 Å². The smallest absolute Gasteiger partial charge is 0.0173 e. The van der Waals surface area contributed by atoms with Crippen LogP contribution in [0.15, 0.2) is 23.8 Å². The van der Waals surface area contributed by atoms with Gasteiger partial charge in [0.2, 0.25) is 0 Å². The Balaban J connectivity index is 1.64. The second kappa shape index (κ2) is 7.00. The molecular weight excluding hydrogens is 206 g/mol. The third kappa shape index (κ3) is 4.67. The van der Waals surface area contributed by atoms with Crippen LogP contribution in [-0.2, 0) is 0 Å². The summed E-state index contributed by atoms with van der Waals surface area (Å²) in [4.78, 5) is 0. The zero-order chi connectivity index (χ0) is 11.9. The van der Waals surface area contributed by atoms with Crippen LogP contribution in [0.5, 0.6) is 0 Å². The normalized spacial score (nSPS) is 23.5. The Hall–Kier alpha value is -0.560. The molecule has 0 spiro atoms. The summed E-state index contributed by atoms with van der Waals surface area (Å²) >= 11 is 0. The van der Waals surface area contributed by atoms with Crippen molar-refractivity contribution >= 4 is 0 Å². The first-order valence-corrected chi connectivity index (χ1v) is 7.27. The zero-order valence-electron chi connectivity index (χ0n) is 11.1. The Morgan fingerprint density at radius 1 is 1.29 bits per heavy atom. The van der Waals surface area contributed by atoms with Crippen molar-refractivity contribution < 1.29 is 0 Å². The lowest BCUT2D eigenvalue weighted by Gasteiger charge is -2.25. The molecule has 1 fully saturated rings.